The summed E-state index contributed by atoms with van der Waals surface area (Å²) in [5.41, 5.74) is 8.45. The third-order valence-electron chi connectivity index (χ3n) is 4.96. The Bertz CT molecular complexity index is 531. The van der Waals surface area contributed by atoms with Crippen LogP contribution in [0, 0.1) is 11.3 Å². The molecule has 0 saturated heterocycles. The zero-order chi connectivity index (χ0) is 15.8. The molecule has 1 aromatic heterocycles. The van der Waals surface area contributed by atoms with E-state index in [0.717, 1.165) is 24.8 Å². The first kappa shape index (κ1) is 16.3. The van der Waals surface area contributed by atoms with E-state index >= 15 is 0 Å². The number of hydrogen-bond donors (Lipinski definition) is 2. The molecule has 0 radical (unpaired) electrons. The molecule has 0 spiro atoms. The van der Waals surface area contributed by atoms with E-state index < -0.39 is 0 Å². The first-order valence-corrected chi connectivity index (χ1v) is 8.78. The van der Waals surface area contributed by atoms with Crippen LogP contribution in [-0.4, -0.2) is 11.9 Å². The van der Waals surface area contributed by atoms with Crippen molar-refractivity contribution in [2.45, 2.75) is 66.3 Å². The van der Waals surface area contributed by atoms with E-state index in [-0.39, 0.29) is 11.9 Å². The van der Waals surface area contributed by atoms with Gasteiger partial charge in [-0.1, -0.05) is 27.2 Å². The molecule has 0 bridgehead atoms. The van der Waals surface area contributed by atoms with Crippen LogP contribution in [0.25, 0.3) is 0 Å². The quantitative estimate of drug-likeness (QED) is 0.883. The summed E-state index contributed by atoms with van der Waals surface area (Å²) in [5, 5.41) is 3.66. The van der Waals surface area contributed by atoms with Gasteiger partial charge >= 0.3 is 0 Å². The van der Waals surface area contributed by atoms with Gasteiger partial charge in [0.15, 0.2) is 0 Å². The molecule has 1 aliphatic carbocycles. The fraction of sp³-hybridized carbons (Fsp3) is 0.706. The fourth-order valence-electron chi connectivity index (χ4n) is 3.15. The summed E-state index contributed by atoms with van der Waals surface area (Å²) in [6, 6.07) is 0.141. The number of nitrogen functional groups attached to an aromatic ring is 1. The van der Waals surface area contributed by atoms with Gasteiger partial charge in [0.1, 0.15) is 0 Å². The molecule has 1 atom stereocenters. The molecule has 1 unspecified atom stereocenters. The van der Waals surface area contributed by atoms with Crippen LogP contribution in [0.1, 0.15) is 68.3 Å². The molecule has 21 heavy (non-hydrogen) atoms. The Morgan fingerprint density at radius 2 is 2.14 bits per heavy atom. The van der Waals surface area contributed by atoms with E-state index in [4.69, 9.17) is 5.73 Å². The van der Waals surface area contributed by atoms with Gasteiger partial charge in [0.25, 0.3) is 5.91 Å². The van der Waals surface area contributed by atoms with E-state index in [1.165, 1.54) is 16.9 Å². The number of carbonyl (C=O) groups is 1. The zero-order valence-corrected chi connectivity index (χ0v) is 14.7. The zero-order valence-electron chi connectivity index (χ0n) is 13.9. The maximum Gasteiger partial charge on any atom is 0.254 e. The van der Waals surface area contributed by atoms with Crippen LogP contribution in [0.4, 0.5) is 5.00 Å². The second-order valence-electron chi connectivity index (χ2n) is 7.15. The monoisotopic (exact) mass is 308 g/mol. The van der Waals surface area contributed by atoms with Crippen molar-refractivity contribution in [3.8, 4) is 0 Å². The maximum atomic E-state index is 12.4. The summed E-state index contributed by atoms with van der Waals surface area (Å²) in [5.74, 6) is 0.683. The van der Waals surface area contributed by atoms with Crippen molar-refractivity contribution in [2.24, 2.45) is 11.3 Å². The van der Waals surface area contributed by atoms with Crippen LogP contribution in [0.2, 0.25) is 0 Å². The Labute approximate surface area is 132 Å². The van der Waals surface area contributed by atoms with Crippen LogP contribution >= 0.6 is 11.3 Å². The third-order valence-corrected chi connectivity index (χ3v) is 6.04. The van der Waals surface area contributed by atoms with Crippen LogP contribution < -0.4 is 11.1 Å². The molecule has 0 aromatic carbocycles. The molecule has 3 nitrogen and oxygen atoms in total. The predicted octanol–water partition coefficient (Wildman–Crippen LogP) is 4.01. The van der Waals surface area contributed by atoms with Gasteiger partial charge in [-0.25, -0.2) is 0 Å². The number of nitrogens with one attached hydrogen (secondary N) is 1. The number of rotatable bonds is 4. The Balaban J connectivity index is 2.27. The van der Waals surface area contributed by atoms with Gasteiger partial charge in [-0.05, 0) is 50.0 Å². The topological polar surface area (TPSA) is 55.1 Å². The van der Waals surface area contributed by atoms with E-state index in [0.29, 0.717) is 16.3 Å². The minimum atomic E-state index is -0.00629. The van der Waals surface area contributed by atoms with Gasteiger partial charge < -0.3 is 11.1 Å². The fourth-order valence-corrected chi connectivity index (χ4v) is 4.34. The van der Waals surface area contributed by atoms with Gasteiger partial charge in [-0.2, -0.15) is 0 Å². The molecule has 1 aliphatic rings. The average Bonchev–Trinajstić information content (AvgIpc) is 2.72. The number of carbonyl (C=O) groups excluding carboxylic acids is 1. The second-order valence-corrected chi connectivity index (χ2v) is 8.29. The van der Waals surface area contributed by atoms with Crippen molar-refractivity contribution in [2.75, 3.05) is 5.73 Å². The summed E-state index contributed by atoms with van der Waals surface area (Å²) in [4.78, 5) is 13.7. The highest BCUT2D eigenvalue weighted by Crippen LogP contribution is 2.44. The molecule has 0 saturated carbocycles. The van der Waals surface area contributed by atoms with Gasteiger partial charge in [-0.3, -0.25) is 4.79 Å². The van der Waals surface area contributed by atoms with Crippen molar-refractivity contribution in [1.29, 1.82) is 0 Å². The summed E-state index contributed by atoms with van der Waals surface area (Å²) in [6.07, 6.45) is 4.40. The van der Waals surface area contributed by atoms with Crippen molar-refractivity contribution >= 4 is 22.2 Å². The molecule has 1 amide bonds. The third kappa shape index (κ3) is 3.25. The highest BCUT2D eigenvalue weighted by Gasteiger charge is 2.34. The molecular weight excluding hydrogens is 280 g/mol. The maximum absolute atomic E-state index is 12.4. The number of nitrogens with two attached hydrogens (primary N) is 1. The minimum Gasteiger partial charge on any atom is -0.390 e. The molecular formula is C17H28N2OS. The Morgan fingerprint density at radius 3 is 2.71 bits per heavy atom. The number of fused-ring (bicyclic) bond motifs is 1. The van der Waals surface area contributed by atoms with Crippen molar-refractivity contribution in [3.05, 3.63) is 16.0 Å². The first-order chi connectivity index (χ1) is 9.76. The molecule has 1 aromatic rings. The Kier molecular flexibility index (Phi) is 4.66. The van der Waals surface area contributed by atoms with Crippen LogP contribution in [0.15, 0.2) is 0 Å². The Hall–Kier alpha value is -1.03. The number of thiophene rings is 1. The lowest BCUT2D eigenvalue weighted by Crippen LogP contribution is -2.32. The van der Waals surface area contributed by atoms with Gasteiger partial charge in [0.2, 0.25) is 0 Å². The lowest BCUT2D eigenvalue weighted by Gasteiger charge is -2.36. The standard InChI is InChI=1S/C17H28N2OS/c1-6-17(4,5)11-7-8-12-13(9-11)21-15(18)14(12)16(20)19-10(2)3/h10-11H,6-9,18H2,1-5H3,(H,19,20). The van der Waals surface area contributed by atoms with Crippen LogP contribution in [-0.2, 0) is 12.8 Å². The SMILES string of the molecule is CCC(C)(C)C1CCc2c(sc(N)c2C(=O)NC(C)C)C1. The summed E-state index contributed by atoms with van der Waals surface area (Å²) < 4.78 is 0. The Morgan fingerprint density at radius 1 is 1.48 bits per heavy atom. The van der Waals surface area contributed by atoms with E-state index in [2.05, 4.69) is 26.1 Å². The van der Waals surface area contributed by atoms with E-state index in [9.17, 15) is 4.79 Å². The molecule has 2 rings (SSSR count). The molecule has 4 heteroatoms. The van der Waals surface area contributed by atoms with E-state index in [1.807, 2.05) is 13.8 Å². The molecule has 3 N–H and O–H groups in total. The molecule has 0 aliphatic heterocycles. The minimum absolute atomic E-state index is 0.00629. The number of hydrogen-bond acceptors (Lipinski definition) is 3. The average molecular weight is 308 g/mol. The van der Waals surface area contributed by atoms with Crippen LogP contribution in [0.3, 0.4) is 0 Å². The summed E-state index contributed by atoms with van der Waals surface area (Å²) >= 11 is 1.62. The molecule has 118 valence electrons. The highest BCUT2D eigenvalue weighted by atomic mass is 32.1. The smallest absolute Gasteiger partial charge is 0.254 e. The van der Waals surface area contributed by atoms with E-state index in [1.54, 1.807) is 11.3 Å². The summed E-state index contributed by atoms with van der Waals surface area (Å²) in [6.45, 7) is 10.9. The number of anilines is 1. The lowest BCUT2D eigenvalue weighted by atomic mass is 9.69. The van der Waals surface area contributed by atoms with Crippen molar-refractivity contribution < 1.29 is 4.79 Å². The number of amides is 1. The van der Waals surface area contributed by atoms with Crippen LogP contribution in [0.5, 0.6) is 0 Å². The largest absolute Gasteiger partial charge is 0.390 e. The van der Waals surface area contributed by atoms with Gasteiger partial charge in [0, 0.05) is 10.9 Å². The predicted molar refractivity (Wildman–Crippen MR) is 90.9 cm³/mol. The molecule has 1 heterocycles. The van der Waals surface area contributed by atoms with Gasteiger partial charge in [0.05, 0.1) is 10.6 Å². The molecule has 0 fully saturated rings. The highest BCUT2D eigenvalue weighted by molar-refractivity contribution is 7.16. The van der Waals surface area contributed by atoms with Crippen molar-refractivity contribution in [3.63, 3.8) is 0 Å². The first-order valence-electron chi connectivity index (χ1n) is 7.97. The normalized spacial score (nSPS) is 18.7. The summed E-state index contributed by atoms with van der Waals surface area (Å²) in [7, 11) is 0. The second kappa shape index (κ2) is 5.99. The van der Waals surface area contributed by atoms with Gasteiger partial charge in [-0.15, -0.1) is 11.3 Å². The lowest BCUT2D eigenvalue weighted by molar-refractivity contribution is 0.0942. The van der Waals surface area contributed by atoms with Crippen molar-refractivity contribution in [1.82, 2.24) is 5.32 Å².